The SMILES string of the molecule is CCCNC(=O)CCC1CCCCO1. The van der Waals surface area contributed by atoms with Crippen LogP contribution in [0.15, 0.2) is 0 Å². The highest BCUT2D eigenvalue weighted by molar-refractivity contribution is 5.75. The van der Waals surface area contributed by atoms with Crippen LogP contribution in [0, 0.1) is 0 Å². The molecule has 1 fully saturated rings. The molecule has 1 N–H and O–H groups in total. The molecule has 1 saturated heterocycles. The van der Waals surface area contributed by atoms with E-state index in [1.54, 1.807) is 0 Å². The van der Waals surface area contributed by atoms with Crippen molar-refractivity contribution in [2.45, 2.75) is 51.6 Å². The molecule has 0 radical (unpaired) electrons. The smallest absolute Gasteiger partial charge is 0.220 e. The Morgan fingerprint density at radius 1 is 1.50 bits per heavy atom. The molecule has 1 aliphatic rings. The van der Waals surface area contributed by atoms with Crippen molar-refractivity contribution in [1.29, 1.82) is 0 Å². The zero-order valence-electron chi connectivity index (χ0n) is 9.05. The third-order valence-corrected chi connectivity index (χ3v) is 2.54. The van der Waals surface area contributed by atoms with Gasteiger partial charge in [0.15, 0.2) is 0 Å². The lowest BCUT2D eigenvalue weighted by Crippen LogP contribution is -2.26. The molecule has 1 unspecified atom stereocenters. The summed E-state index contributed by atoms with van der Waals surface area (Å²) >= 11 is 0. The molecule has 0 aliphatic carbocycles. The zero-order chi connectivity index (χ0) is 10.2. The van der Waals surface area contributed by atoms with E-state index >= 15 is 0 Å². The highest BCUT2D eigenvalue weighted by Gasteiger charge is 2.14. The number of nitrogens with one attached hydrogen (secondary N) is 1. The zero-order valence-corrected chi connectivity index (χ0v) is 9.05. The Morgan fingerprint density at radius 3 is 3.00 bits per heavy atom. The highest BCUT2D eigenvalue weighted by atomic mass is 16.5. The number of hydrogen-bond donors (Lipinski definition) is 1. The van der Waals surface area contributed by atoms with Gasteiger partial charge in [0.05, 0.1) is 6.10 Å². The minimum absolute atomic E-state index is 0.168. The Balaban J connectivity index is 2.03. The second-order valence-corrected chi connectivity index (χ2v) is 3.88. The first-order valence-electron chi connectivity index (χ1n) is 5.71. The normalized spacial score (nSPS) is 21.9. The molecule has 1 aliphatic heterocycles. The van der Waals surface area contributed by atoms with Crippen LogP contribution in [0.5, 0.6) is 0 Å². The van der Waals surface area contributed by atoms with Crippen LogP contribution in [0.4, 0.5) is 0 Å². The molecule has 0 aromatic rings. The van der Waals surface area contributed by atoms with Crippen LogP contribution in [0.25, 0.3) is 0 Å². The van der Waals surface area contributed by atoms with Gasteiger partial charge in [-0.25, -0.2) is 0 Å². The topological polar surface area (TPSA) is 38.3 Å². The van der Waals surface area contributed by atoms with Gasteiger partial charge in [-0.1, -0.05) is 6.92 Å². The van der Waals surface area contributed by atoms with Crippen molar-refractivity contribution >= 4 is 5.91 Å². The van der Waals surface area contributed by atoms with Gasteiger partial charge in [0.1, 0.15) is 0 Å². The minimum atomic E-state index is 0.168. The summed E-state index contributed by atoms with van der Waals surface area (Å²) in [7, 11) is 0. The molecule has 0 saturated carbocycles. The summed E-state index contributed by atoms with van der Waals surface area (Å²) in [5.74, 6) is 0.168. The molecule has 82 valence electrons. The second-order valence-electron chi connectivity index (χ2n) is 3.88. The van der Waals surface area contributed by atoms with Gasteiger partial charge in [0, 0.05) is 19.6 Å². The fraction of sp³-hybridized carbons (Fsp3) is 0.909. The molecule has 1 amide bonds. The predicted octanol–water partition coefficient (Wildman–Crippen LogP) is 1.86. The van der Waals surface area contributed by atoms with E-state index in [0.717, 1.165) is 32.4 Å². The third kappa shape index (κ3) is 4.61. The van der Waals surface area contributed by atoms with E-state index < -0.39 is 0 Å². The molecule has 0 bridgehead atoms. The molecule has 1 heterocycles. The number of ether oxygens (including phenoxy) is 1. The number of carbonyl (C=O) groups is 1. The highest BCUT2D eigenvalue weighted by Crippen LogP contribution is 2.16. The first-order chi connectivity index (χ1) is 6.83. The van der Waals surface area contributed by atoms with Crippen LogP contribution in [0.2, 0.25) is 0 Å². The summed E-state index contributed by atoms with van der Waals surface area (Å²) in [6.07, 6.45) is 6.39. The number of carbonyl (C=O) groups excluding carboxylic acids is 1. The lowest BCUT2D eigenvalue weighted by atomic mass is 10.0. The molecule has 14 heavy (non-hydrogen) atoms. The van der Waals surface area contributed by atoms with Crippen LogP contribution >= 0.6 is 0 Å². The van der Waals surface area contributed by atoms with Crippen molar-refractivity contribution in [2.75, 3.05) is 13.2 Å². The predicted molar refractivity (Wildman–Crippen MR) is 56.1 cm³/mol. The van der Waals surface area contributed by atoms with E-state index in [-0.39, 0.29) is 5.91 Å². The molecule has 1 atom stereocenters. The van der Waals surface area contributed by atoms with Crippen LogP contribution in [0.3, 0.4) is 0 Å². The van der Waals surface area contributed by atoms with Crippen molar-refractivity contribution in [3.05, 3.63) is 0 Å². The fourth-order valence-electron chi connectivity index (χ4n) is 1.68. The molecule has 1 rings (SSSR count). The number of amides is 1. The van der Waals surface area contributed by atoms with Crippen LogP contribution in [-0.4, -0.2) is 25.2 Å². The van der Waals surface area contributed by atoms with Gasteiger partial charge in [0.2, 0.25) is 5.91 Å². The molecular formula is C11H21NO2. The first-order valence-corrected chi connectivity index (χ1v) is 5.71. The Bertz CT molecular complexity index is 165. The van der Waals surface area contributed by atoms with Gasteiger partial charge in [0.25, 0.3) is 0 Å². The Morgan fingerprint density at radius 2 is 2.36 bits per heavy atom. The summed E-state index contributed by atoms with van der Waals surface area (Å²) in [6.45, 7) is 3.73. The summed E-state index contributed by atoms with van der Waals surface area (Å²) in [4.78, 5) is 11.3. The average Bonchev–Trinajstić information content (AvgIpc) is 2.25. The van der Waals surface area contributed by atoms with E-state index in [9.17, 15) is 4.79 Å². The maximum absolute atomic E-state index is 11.3. The standard InChI is InChI=1S/C11H21NO2/c1-2-8-12-11(13)7-6-10-5-3-4-9-14-10/h10H,2-9H2,1H3,(H,12,13). The van der Waals surface area contributed by atoms with Crippen LogP contribution < -0.4 is 5.32 Å². The maximum Gasteiger partial charge on any atom is 0.220 e. The minimum Gasteiger partial charge on any atom is -0.378 e. The summed E-state index contributed by atoms with van der Waals surface area (Å²) in [5.41, 5.74) is 0. The van der Waals surface area contributed by atoms with E-state index in [1.165, 1.54) is 12.8 Å². The fourth-order valence-corrected chi connectivity index (χ4v) is 1.68. The second kappa shape index (κ2) is 6.82. The Labute approximate surface area is 86.2 Å². The summed E-state index contributed by atoms with van der Waals surface area (Å²) in [5, 5.41) is 2.88. The third-order valence-electron chi connectivity index (χ3n) is 2.54. The Kier molecular flexibility index (Phi) is 5.60. The van der Waals surface area contributed by atoms with E-state index in [0.29, 0.717) is 12.5 Å². The van der Waals surface area contributed by atoms with Gasteiger partial charge in [-0.05, 0) is 32.1 Å². The average molecular weight is 199 g/mol. The molecule has 0 aromatic heterocycles. The monoisotopic (exact) mass is 199 g/mol. The maximum atomic E-state index is 11.3. The summed E-state index contributed by atoms with van der Waals surface area (Å²) < 4.78 is 5.55. The lowest BCUT2D eigenvalue weighted by molar-refractivity contribution is -0.122. The van der Waals surface area contributed by atoms with E-state index in [4.69, 9.17) is 4.74 Å². The largest absolute Gasteiger partial charge is 0.378 e. The Hall–Kier alpha value is -0.570. The van der Waals surface area contributed by atoms with Gasteiger partial charge in [-0.2, -0.15) is 0 Å². The molecule has 3 heteroatoms. The van der Waals surface area contributed by atoms with Gasteiger partial charge in [-0.15, -0.1) is 0 Å². The molecule has 0 aromatic carbocycles. The van der Waals surface area contributed by atoms with Crippen molar-refractivity contribution in [3.63, 3.8) is 0 Å². The quantitative estimate of drug-likeness (QED) is 0.734. The summed E-state index contributed by atoms with van der Waals surface area (Å²) in [6, 6.07) is 0. The van der Waals surface area contributed by atoms with Crippen molar-refractivity contribution < 1.29 is 9.53 Å². The van der Waals surface area contributed by atoms with Crippen LogP contribution in [-0.2, 0) is 9.53 Å². The number of rotatable bonds is 5. The number of hydrogen-bond acceptors (Lipinski definition) is 2. The van der Waals surface area contributed by atoms with Gasteiger partial charge >= 0.3 is 0 Å². The van der Waals surface area contributed by atoms with Crippen molar-refractivity contribution in [3.8, 4) is 0 Å². The van der Waals surface area contributed by atoms with E-state index in [2.05, 4.69) is 12.2 Å². The van der Waals surface area contributed by atoms with Gasteiger partial charge in [-0.3, -0.25) is 4.79 Å². The van der Waals surface area contributed by atoms with Crippen molar-refractivity contribution in [2.24, 2.45) is 0 Å². The van der Waals surface area contributed by atoms with E-state index in [1.807, 2.05) is 0 Å². The van der Waals surface area contributed by atoms with Crippen molar-refractivity contribution in [1.82, 2.24) is 5.32 Å². The van der Waals surface area contributed by atoms with Gasteiger partial charge < -0.3 is 10.1 Å². The molecule has 0 spiro atoms. The molecule has 3 nitrogen and oxygen atoms in total. The first kappa shape index (κ1) is 11.5. The lowest BCUT2D eigenvalue weighted by Gasteiger charge is -2.22. The van der Waals surface area contributed by atoms with Crippen LogP contribution in [0.1, 0.15) is 45.4 Å². The molecular weight excluding hydrogens is 178 g/mol.